The van der Waals surface area contributed by atoms with E-state index in [4.69, 9.17) is 4.74 Å². The first-order chi connectivity index (χ1) is 7.40. The van der Waals surface area contributed by atoms with Crippen LogP contribution in [0.4, 0.5) is 0 Å². The third-order valence-electron chi connectivity index (χ3n) is 2.76. The molecule has 1 aromatic heterocycles. The highest BCUT2D eigenvalue weighted by atomic mass is 16.5. The minimum Gasteiger partial charge on any atom is -0.478 e. The summed E-state index contributed by atoms with van der Waals surface area (Å²) in [6, 6.07) is 4.55. The van der Waals surface area contributed by atoms with Crippen molar-refractivity contribution in [1.82, 2.24) is 10.3 Å². The molecule has 1 fully saturated rings. The monoisotopic (exact) mass is 206 g/mol. The number of hydrogen-bond acceptors (Lipinski definition) is 3. The summed E-state index contributed by atoms with van der Waals surface area (Å²) in [7, 11) is 0. The fourth-order valence-electron chi connectivity index (χ4n) is 1.97. The molecular formula is C12H18N2O. The molecule has 2 rings (SSSR count). The Morgan fingerprint density at radius 2 is 2.40 bits per heavy atom. The van der Waals surface area contributed by atoms with E-state index in [0.717, 1.165) is 12.4 Å². The third kappa shape index (κ3) is 2.69. The Hall–Kier alpha value is -1.09. The van der Waals surface area contributed by atoms with Gasteiger partial charge in [-0.3, -0.25) is 0 Å². The molecule has 2 heterocycles. The van der Waals surface area contributed by atoms with E-state index in [1.807, 2.05) is 19.2 Å². The molecule has 82 valence electrons. The van der Waals surface area contributed by atoms with Gasteiger partial charge in [0, 0.05) is 18.3 Å². The van der Waals surface area contributed by atoms with E-state index in [1.54, 1.807) is 0 Å². The van der Waals surface area contributed by atoms with Crippen molar-refractivity contribution in [3.63, 3.8) is 0 Å². The van der Waals surface area contributed by atoms with Gasteiger partial charge in [-0.25, -0.2) is 4.98 Å². The van der Waals surface area contributed by atoms with Crippen LogP contribution in [0.2, 0.25) is 0 Å². The van der Waals surface area contributed by atoms with Crippen molar-refractivity contribution >= 4 is 0 Å². The van der Waals surface area contributed by atoms with Crippen LogP contribution in [0.5, 0.6) is 5.88 Å². The van der Waals surface area contributed by atoms with E-state index >= 15 is 0 Å². The largest absolute Gasteiger partial charge is 0.478 e. The quantitative estimate of drug-likeness (QED) is 0.824. The van der Waals surface area contributed by atoms with Crippen molar-refractivity contribution in [2.75, 3.05) is 13.2 Å². The van der Waals surface area contributed by atoms with Gasteiger partial charge < -0.3 is 10.1 Å². The molecule has 1 aliphatic heterocycles. The maximum absolute atomic E-state index is 5.32. The highest BCUT2D eigenvalue weighted by molar-refractivity contribution is 5.21. The summed E-state index contributed by atoms with van der Waals surface area (Å²) in [5.74, 6) is 0.719. The van der Waals surface area contributed by atoms with Gasteiger partial charge in [0.15, 0.2) is 0 Å². The van der Waals surface area contributed by atoms with Crippen LogP contribution in [-0.4, -0.2) is 18.1 Å². The first-order valence-corrected chi connectivity index (χ1v) is 5.72. The van der Waals surface area contributed by atoms with Gasteiger partial charge in [0.05, 0.1) is 6.61 Å². The number of pyridine rings is 1. The second kappa shape index (κ2) is 5.12. The minimum atomic E-state index is 0.488. The summed E-state index contributed by atoms with van der Waals surface area (Å²) >= 11 is 0. The summed E-state index contributed by atoms with van der Waals surface area (Å²) in [5, 5.41) is 3.51. The number of nitrogens with zero attached hydrogens (tertiary/aromatic N) is 1. The molecule has 1 aromatic rings. The van der Waals surface area contributed by atoms with Crippen molar-refractivity contribution < 1.29 is 4.74 Å². The molecule has 3 nitrogen and oxygen atoms in total. The Morgan fingerprint density at radius 1 is 1.47 bits per heavy atom. The predicted octanol–water partition coefficient (Wildman–Crippen LogP) is 2.29. The zero-order valence-electron chi connectivity index (χ0n) is 9.20. The summed E-state index contributed by atoms with van der Waals surface area (Å²) in [6.07, 6.45) is 5.75. The van der Waals surface area contributed by atoms with E-state index in [0.29, 0.717) is 12.6 Å². The number of nitrogens with one attached hydrogen (secondary N) is 1. The number of piperidine rings is 1. The molecule has 1 saturated heterocycles. The van der Waals surface area contributed by atoms with Gasteiger partial charge >= 0.3 is 0 Å². The smallest absolute Gasteiger partial charge is 0.213 e. The highest BCUT2D eigenvalue weighted by Gasteiger charge is 2.14. The fourth-order valence-corrected chi connectivity index (χ4v) is 1.97. The van der Waals surface area contributed by atoms with Crippen molar-refractivity contribution in [2.45, 2.75) is 32.2 Å². The summed E-state index contributed by atoms with van der Waals surface area (Å²) < 4.78 is 5.32. The number of hydrogen-bond donors (Lipinski definition) is 1. The van der Waals surface area contributed by atoms with Crippen LogP contribution in [0.3, 0.4) is 0 Å². The lowest BCUT2D eigenvalue weighted by Gasteiger charge is -2.23. The SMILES string of the molecule is CCOc1ccc(C2CCCCN2)cn1. The van der Waals surface area contributed by atoms with Crippen molar-refractivity contribution in [3.8, 4) is 5.88 Å². The van der Waals surface area contributed by atoms with Gasteiger partial charge in [-0.1, -0.05) is 12.5 Å². The average Bonchev–Trinajstić information content (AvgIpc) is 2.32. The van der Waals surface area contributed by atoms with Gasteiger partial charge in [0.1, 0.15) is 0 Å². The molecule has 0 saturated carbocycles. The molecule has 1 aliphatic rings. The van der Waals surface area contributed by atoms with Gasteiger partial charge in [0.25, 0.3) is 0 Å². The molecule has 3 heteroatoms. The predicted molar refractivity (Wildman–Crippen MR) is 60.0 cm³/mol. The number of ether oxygens (including phenoxy) is 1. The van der Waals surface area contributed by atoms with Crippen LogP contribution in [0.25, 0.3) is 0 Å². The molecular weight excluding hydrogens is 188 g/mol. The zero-order valence-corrected chi connectivity index (χ0v) is 9.20. The summed E-state index contributed by atoms with van der Waals surface area (Å²) in [5.41, 5.74) is 1.28. The summed E-state index contributed by atoms with van der Waals surface area (Å²) in [6.45, 7) is 3.77. The van der Waals surface area contributed by atoms with Gasteiger partial charge in [-0.05, 0) is 31.9 Å². The van der Waals surface area contributed by atoms with Crippen LogP contribution < -0.4 is 10.1 Å². The first kappa shape index (κ1) is 10.4. The first-order valence-electron chi connectivity index (χ1n) is 5.72. The maximum atomic E-state index is 5.32. The van der Waals surface area contributed by atoms with E-state index in [9.17, 15) is 0 Å². The van der Waals surface area contributed by atoms with Gasteiger partial charge in [-0.2, -0.15) is 0 Å². The Balaban J connectivity index is 2.02. The topological polar surface area (TPSA) is 34.1 Å². The minimum absolute atomic E-state index is 0.488. The normalized spacial score (nSPS) is 21.3. The lowest BCUT2D eigenvalue weighted by molar-refractivity contribution is 0.326. The zero-order chi connectivity index (χ0) is 10.5. The Kier molecular flexibility index (Phi) is 3.56. The van der Waals surface area contributed by atoms with E-state index in [2.05, 4.69) is 16.4 Å². The van der Waals surface area contributed by atoms with Crippen molar-refractivity contribution in [3.05, 3.63) is 23.9 Å². The van der Waals surface area contributed by atoms with Crippen LogP contribution in [0.1, 0.15) is 37.8 Å². The van der Waals surface area contributed by atoms with Crippen molar-refractivity contribution in [1.29, 1.82) is 0 Å². The second-order valence-electron chi connectivity index (χ2n) is 3.87. The molecule has 0 bridgehead atoms. The molecule has 0 spiro atoms. The Morgan fingerprint density at radius 3 is 3.00 bits per heavy atom. The van der Waals surface area contributed by atoms with Crippen LogP contribution in [0, 0.1) is 0 Å². The Labute approximate surface area is 90.9 Å². The standard InChI is InChI=1S/C12H18N2O/c1-2-15-12-7-6-10(9-14-12)11-5-3-4-8-13-11/h6-7,9,11,13H,2-5,8H2,1H3. The molecule has 0 amide bonds. The van der Waals surface area contributed by atoms with Crippen LogP contribution >= 0.6 is 0 Å². The van der Waals surface area contributed by atoms with Gasteiger partial charge in [0.2, 0.25) is 5.88 Å². The number of aromatic nitrogens is 1. The molecule has 0 aliphatic carbocycles. The highest BCUT2D eigenvalue weighted by Crippen LogP contribution is 2.23. The Bertz CT molecular complexity index is 291. The maximum Gasteiger partial charge on any atom is 0.213 e. The lowest BCUT2D eigenvalue weighted by atomic mass is 9.99. The number of rotatable bonds is 3. The summed E-state index contributed by atoms with van der Waals surface area (Å²) in [4.78, 5) is 4.28. The molecule has 15 heavy (non-hydrogen) atoms. The molecule has 1 unspecified atom stereocenters. The van der Waals surface area contributed by atoms with E-state index < -0.39 is 0 Å². The molecule has 1 atom stereocenters. The molecule has 0 aromatic carbocycles. The second-order valence-corrected chi connectivity index (χ2v) is 3.87. The molecule has 1 N–H and O–H groups in total. The van der Waals surface area contributed by atoms with E-state index in [1.165, 1.54) is 24.8 Å². The third-order valence-corrected chi connectivity index (χ3v) is 2.76. The van der Waals surface area contributed by atoms with Crippen LogP contribution in [-0.2, 0) is 0 Å². The van der Waals surface area contributed by atoms with Crippen LogP contribution in [0.15, 0.2) is 18.3 Å². The van der Waals surface area contributed by atoms with Gasteiger partial charge in [-0.15, -0.1) is 0 Å². The van der Waals surface area contributed by atoms with E-state index in [-0.39, 0.29) is 0 Å². The fraction of sp³-hybridized carbons (Fsp3) is 0.583. The molecule has 0 radical (unpaired) electrons. The lowest BCUT2D eigenvalue weighted by Crippen LogP contribution is -2.26. The average molecular weight is 206 g/mol. The van der Waals surface area contributed by atoms with Crippen molar-refractivity contribution in [2.24, 2.45) is 0 Å².